The molecule has 1 aromatic rings. The van der Waals surface area contributed by atoms with Crippen LogP contribution in [0, 0.1) is 6.92 Å². The fourth-order valence-corrected chi connectivity index (χ4v) is 2.55. The van der Waals surface area contributed by atoms with E-state index in [1.165, 1.54) is 11.1 Å². The van der Waals surface area contributed by atoms with Crippen LogP contribution in [0.1, 0.15) is 18.1 Å². The number of aliphatic hydroxyl groups is 1. The third-order valence-corrected chi connectivity index (χ3v) is 3.38. The molecule has 0 radical (unpaired) electrons. The molecule has 1 atom stereocenters. The Balaban J connectivity index is 2.33. The van der Waals surface area contributed by atoms with E-state index in [1.54, 1.807) is 0 Å². The third kappa shape index (κ3) is 2.48. The summed E-state index contributed by atoms with van der Waals surface area (Å²) in [6.45, 7) is 5.20. The standard InChI is InChI=1S/C14H20N2O2/c1-3-11-6-4-5-10(2)14(11)16-7-12(9-17)15-13(18)8-16/h4-6,12,17H,3,7-9H2,1-2H3,(H,15,18). The molecular formula is C14H20N2O2. The van der Waals surface area contributed by atoms with Crippen molar-refractivity contribution in [1.82, 2.24) is 5.32 Å². The number of amides is 1. The topological polar surface area (TPSA) is 52.6 Å². The number of anilines is 1. The van der Waals surface area contributed by atoms with Crippen LogP contribution in [-0.4, -0.2) is 36.8 Å². The van der Waals surface area contributed by atoms with Crippen molar-refractivity contribution in [2.75, 3.05) is 24.6 Å². The van der Waals surface area contributed by atoms with Gasteiger partial charge in [-0.2, -0.15) is 0 Å². The summed E-state index contributed by atoms with van der Waals surface area (Å²) in [5.74, 6) is -0.0226. The summed E-state index contributed by atoms with van der Waals surface area (Å²) >= 11 is 0. The number of hydrogen-bond acceptors (Lipinski definition) is 3. The van der Waals surface area contributed by atoms with Gasteiger partial charge in [-0.1, -0.05) is 25.1 Å². The van der Waals surface area contributed by atoms with Crippen molar-refractivity contribution >= 4 is 11.6 Å². The lowest BCUT2D eigenvalue weighted by Crippen LogP contribution is -2.56. The lowest BCUT2D eigenvalue weighted by molar-refractivity contribution is -0.121. The normalized spacial score (nSPS) is 19.8. The van der Waals surface area contributed by atoms with Gasteiger partial charge >= 0.3 is 0 Å². The molecule has 0 saturated carbocycles. The number of piperazine rings is 1. The zero-order valence-electron chi connectivity index (χ0n) is 10.9. The summed E-state index contributed by atoms with van der Waals surface area (Å²) < 4.78 is 0. The second-order valence-corrected chi connectivity index (χ2v) is 4.76. The van der Waals surface area contributed by atoms with Gasteiger partial charge in [0.05, 0.1) is 19.2 Å². The Kier molecular flexibility index (Phi) is 3.87. The van der Waals surface area contributed by atoms with Crippen LogP contribution in [-0.2, 0) is 11.2 Å². The van der Waals surface area contributed by atoms with Crippen LogP contribution in [0.4, 0.5) is 5.69 Å². The quantitative estimate of drug-likeness (QED) is 0.834. The average molecular weight is 248 g/mol. The molecule has 1 aliphatic heterocycles. The minimum Gasteiger partial charge on any atom is -0.394 e. The van der Waals surface area contributed by atoms with Gasteiger partial charge in [-0.3, -0.25) is 4.79 Å². The van der Waals surface area contributed by atoms with Crippen molar-refractivity contribution in [3.05, 3.63) is 29.3 Å². The molecule has 1 amide bonds. The summed E-state index contributed by atoms with van der Waals surface area (Å²) in [7, 11) is 0. The van der Waals surface area contributed by atoms with Crippen molar-refractivity contribution in [1.29, 1.82) is 0 Å². The van der Waals surface area contributed by atoms with Gasteiger partial charge in [-0.05, 0) is 24.5 Å². The molecule has 1 saturated heterocycles. The van der Waals surface area contributed by atoms with Crippen molar-refractivity contribution in [2.24, 2.45) is 0 Å². The molecule has 1 fully saturated rings. The predicted molar refractivity (Wildman–Crippen MR) is 71.8 cm³/mol. The van der Waals surface area contributed by atoms with Gasteiger partial charge in [0.15, 0.2) is 0 Å². The van der Waals surface area contributed by atoms with E-state index in [1.807, 2.05) is 6.07 Å². The van der Waals surface area contributed by atoms with Gasteiger partial charge in [0.25, 0.3) is 0 Å². The highest BCUT2D eigenvalue weighted by molar-refractivity contribution is 5.84. The van der Waals surface area contributed by atoms with Crippen molar-refractivity contribution in [3.63, 3.8) is 0 Å². The molecule has 0 spiro atoms. The fourth-order valence-electron chi connectivity index (χ4n) is 2.55. The molecule has 18 heavy (non-hydrogen) atoms. The van der Waals surface area contributed by atoms with Crippen LogP contribution in [0.15, 0.2) is 18.2 Å². The van der Waals surface area contributed by atoms with E-state index in [4.69, 9.17) is 0 Å². The lowest BCUT2D eigenvalue weighted by atomic mass is 10.0. The summed E-state index contributed by atoms with van der Waals surface area (Å²) in [6, 6.07) is 6.04. The molecule has 4 heteroatoms. The van der Waals surface area contributed by atoms with Crippen LogP contribution in [0.2, 0.25) is 0 Å². The first-order chi connectivity index (χ1) is 8.65. The highest BCUT2D eigenvalue weighted by Gasteiger charge is 2.26. The second-order valence-electron chi connectivity index (χ2n) is 4.76. The van der Waals surface area contributed by atoms with E-state index >= 15 is 0 Å². The van der Waals surface area contributed by atoms with Gasteiger partial charge < -0.3 is 15.3 Å². The van der Waals surface area contributed by atoms with Gasteiger partial charge in [-0.15, -0.1) is 0 Å². The summed E-state index contributed by atoms with van der Waals surface area (Å²) in [5.41, 5.74) is 3.58. The summed E-state index contributed by atoms with van der Waals surface area (Å²) in [6.07, 6.45) is 0.943. The molecule has 1 heterocycles. The molecule has 2 rings (SSSR count). The first-order valence-corrected chi connectivity index (χ1v) is 6.39. The smallest absolute Gasteiger partial charge is 0.239 e. The second kappa shape index (κ2) is 5.40. The lowest BCUT2D eigenvalue weighted by Gasteiger charge is -2.35. The maximum atomic E-state index is 11.7. The Morgan fingerprint density at radius 1 is 1.50 bits per heavy atom. The Hall–Kier alpha value is -1.55. The largest absolute Gasteiger partial charge is 0.394 e. The number of hydrogen-bond donors (Lipinski definition) is 2. The molecular weight excluding hydrogens is 228 g/mol. The van der Waals surface area contributed by atoms with Gasteiger partial charge in [0.1, 0.15) is 0 Å². The molecule has 2 N–H and O–H groups in total. The maximum absolute atomic E-state index is 11.7. The Bertz CT molecular complexity index is 445. The SMILES string of the molecule is CCc1cccc(C)c1N1CC(=O)NC(CO)C1. The van der Waals surface area contributed by atoms with Crippen LogP contribution in [0.25, 0.3) is 0 Å². The minimum absolute atomic E-state index is 0.0183. The van der Waals surface area contributed by atoms with Crippen molar-refractivity contribution in [2.45, 2.75) is 26.3 Å². The number of aliphatic hydroxyl groups excluding tert-OH is 1. The number of carbonyl (C=O) groups excluding carboxylic acids is 1. The highest BCUT2D eigenvalue weighted by atomic mass is 16.3. The Morgan fingerprint density at radius 3 is 2.94 bits per heavy atom. The highest BCUT2D eigenvalue weighted by Crippen LogP contribution is 2.26. The number of nitrogens with one attached hydrogen (secondary N) is 1. The number of benzene rings is 1. The molecule has 0 aliphatic carbocycles. The fraction of sp³-hybridized carbons (Fsp3) is 0.500. The van der Waals surface area contributed by atoms with E-state index in [-0.39, 0.29) is 18.6 Å². The Morgan fingerprint density at radius 2 is 2.28 bits per heavy atom. The van der Waals surface area contributed by atoms with Crippen LogP contribution in [0.5, 0.6) is 0 Å². The summed E-state index contributed by atoms with van der Waals surface area (Å²) in [4.78, 5) is 13.7. The van der Waals surface area contributed by atoms with E-state index in [0.29, 0.717) is 13.1 Å². The van der Waals surface area contributed by atoms with E-state index < -0.39 is 0 Å². The maximum Gasteiger partial charge on any atom is 0.239 e. The van der Waals surface area contributed by atoms with Gasteiger partial charge in [0, 0.05) is 12.2 Å². The van der Waals surface area contributed by atoms with Gasteiger partial charge in [-0.25, -0.2) is 0 Å². The predicted octanol–water partition coefficient (Wildman–Crippen LogP) is 0.855. The number of carbonyl (C=O) groups is 1. The first kappa shape index (κ1) is 12.9. The van der Waals surface area contributed by atoms with Crippen molar-refractivity contribution < 1.29 is 9.90 Å². The third-order valence-electron chi connectivity index (χ3n) is 3.38. The number of para-hydroxylation sites is 1. The molecule has 98 valence electrons. The number of aryl methyl sites for hydroxylation is 2. The van der Waals surface area contributed by atoms with Crippen LogP contribution >= 0.6 is 0 Å². The monoisotopic (exact) mass is 248 g/mol. The van der Waals surface area contributed by atoms with Crippen LogP contribution in [0.3, 0.4) is 0 Å². The van der Waals surface area contributed by atoms with Crippen LogP contribution < -0.4 is 10.2 Å². The van der Waals surface area contributed by atoms with E-state index in [0.717, 1.165) is 12.1 Å². The zero-order chi connectivity index (χ0) is 13.1. The minimum atomic E-state index is -0.171. The molecule has 0 aromatic heterocycles. The van der Waals surface area contributed by atoms with E-state index in [2.05, 4.69) is 36.2 Å². The number of nitrogens with zero attached hydrogens (tertiary/aromatic N) is 1. The molecule has 1 aromatic carbocycles. The molecule has 0 bridgehead atoms. The van der Waals surface area contributed by atoms with Gasteiger partial charge in [0.2, 0.25) is 5.91 Å². The molecule has 1 aliphatic rings. The average Bonchev–Trinajstić information content (AvgIpc) is 2.37. The van der Waals surface area contributed by atoms with Crippen molar-refractivity contribution in [3.8, 4) is 0 Å². The number of rotatable bonds is 3. The van der Waals surface area contributed by atoms with E-state index in [9.17, 15) is 9.90 Å². The zero-order valence-corrected chi connectivity index (χ0v) is 10.9. The molecule has 1 unspecified atom stereocenters. The summed E-state index contributed by atoms with van der Waals surface area (Å²) in [5, 5.41) is 12.0. The molecule has 4 nitrogen and oxygen atoms in total. The first-order valence-electron chi connectivity index (χ1n) is 6.39. The Labute approximate surface area is 108 Å².